The molecule has 23 heavy (non-hydrogen) atoms. The van der Waals surface area contributed by atoms with Crippen molar-refractivity contribution in [3.63, 3.8) is 0 Å². The first-order valence-electron chi connectivity index (χ1n) is 6.68. The zero-order valence-electron chi connectivity index (χ0n) is 11.8. The number of fused-ring (bicyclic) bond motifs is 1. The van der Waals surface area contributed by atoms with Crippen LogP contribution in [0.2, 0.25) is 5.02 Å². The van der Waals surface area contributed by atoms with Crippen LogP contribution in [0.15, 0.2) is 47.4 Å². The molecule has 6 nitrogen and oxygen atoms in total. The number of carboxylic acid groups (broad SMARTS) is 1. The highest BCUT2D eigenvalue weighted by Gasteiger charge is 2.31. The molecule has 0 unspecified atom stereocenters. The van der Waals surface area contributed by atoms with E-state index < -0.39 is 16.0 Å². The van der Waals surface area contributed by atoms with Crippen molar-refractivity contribution < 1.29 is 23.1 Å². The summed E-state index contributed by atoms with van der Waals surface area (Å²) in [5.74, 6) is -0.815. The van der Waals surface area contributed by atoms with E-state index in [2.05, 4.69) is 0 Å². The third-order valence-electron chi connectivity index (χ3n) is 3.41. The summed E-state index contributed by atoms with van der Waals surface area (Å²) in [6, 6.07) is 10.0. The molecule has 0 saturated heterocycles. The van der Waals surface area contributed by atoms with E-state index in [0.29, 0.717) is 10.8 Å². The van der Waals surface area contributed by atoms with E-state index >= 15 is 0 Å². The summed E-state index contributed by atoms with van der Waals surface area (Å²) in [5.41, 5.74) is 0.191. The lowest BCUT2D eigenvalue weighted by Crippen LogP contribution is -2.38. The molecule has 2 aromatic rings. The summed E-state index contributed by atoms with van der Waals surface area (Å²) in [7, 11) is -3.86. The number of ether oxygens (including phenoxy) is 1. The van der Waals surface area contributed by atoms with E-state index in [0.717, 1.165) is 4.31 Å². The van der Waals surface area contributed by atoms with Gasteiger partial charge >= 0.3 is 5.97 Å². The largest absolute Gasteiger partial charge is 0.489 e. The average molecular weight is 354 g/mol. The van der Waals surface area contributed by atoms with Crippen molar-refractivity contribution in [1.82, 2.24) is 0 Å². The molecule has 0 aliphatic carbocycles. The Morgan fingerprint density at radius 2 is 2.00 bits per heavy atom. The van der Waals surface area contributed by atoms with Crippen LogP contribution in [0, 0.1) is 0 Å². The predicted octanol–water partition coefficient (Wildman–Crippen LogP) is 2.63. The second-order valence-corrected chi connectivity index (χ2v) is 7.17. The quantitative estimate of drug-likeness (QED) is 0.917. The molecule has 0 amide bonds. The molecule has 0 saturated carbocycles. The van der Waals surface area contributed by atoms with Crippen molar-refractivity contribution in [1.29, 1.82) is 0 Å². The highest BCUT2D eigenvalue weighted by atomic mass is 35.5. The maximum absolute atomic E-state index is 12.8. The Balaban J connectivity index is 2.12. The molecule has 1 aliphatic heterocycles. The van der Waals surface area contributed by atoms with Crippen LogP contribution in [0.3, 0.4) is 0 Å². The molecule has 0 aromatic heterocycles. The van der Waals surface area contributed by atoms with Gasteiger partial charge in [-0.15, -0.1) is 0 Å². The molecule has 8 heteroatoms. The molecule has 1 aliphatic rings. The maximum atomic E-state index is 12.8. The monoisotopic (exact) mass is 353 g/mol. The second-order valence-electron chi connectivity index (χ2n) is 4.87. The van der Waals surface area contributed by atoms with E-state index in [-0.39, 0.29) is 29.3 Å². The first-order chi connectivity index (χ1) is 10.9. The van der Waals surface area contributed by atoms with Gasteiger partial charge in [-0.25, -0.2) is 13.2 Å². The number of nitrogens with zero attached hydrogens (tertiary/aromatic N) is 1. The van der Waals surface area contributed by atoms with Crippen LogP contribution in [0.4, 0.5) is 5.69 Å². The van der Waals surface area contributed by atoms with Crippen molar-refractivity contribution in [2.24, 2.45) is 0 Å². The van der Waals surface area contributed by atoms with Gasteiger partial charge < -0.3 is 9.84 Å². The van der Waals surface area contributed by atoms with Gasteiger partial charge in [0.2, 0.25) is 0 Å². The van der Waals surface area contributed by atoms with Crippen molar-refractivity contribution in [3.8, 4) is 5.75 Å². The van der Waals surface area contributed by atoms with Gasteiger partial charge in [0, 0.05) is 5.02 Å². The van der Waals surface area contributed by atoms with Crippen LogP contribution in [-0.2, 0) is 10.0 Å². The molecular weight excluding hydrogens is 342 g/mol. The van der Waals surface area contributed by atoms with Crippen molar-refractivity contribution in [2.45, 2.75) is 4.90 Å². The molecular formula is C15H12ClNO5S. The number of hydrogen-bond donors (Lipinski definition) is 1. The van der Waals surface area contributed by atoms with E-state index in [9.17, 15) is 13.2 Å². The summed E-state index contributed by atoms with van der Waals surface area (Å²) < 4.78 is 32.3. The second kappa shape index (κ2) is 5.75. The lowest BCUT2D eigenvalue weighted by Gasteiger charge is -2.30. The first-order valence-corrected chi connectivity index (χ1v) is 8.50. The fraction of sp³-hybridized carbons (Fsp3) is 0.133. The maximum Gasteiger partial charge on any atom is 0.335 e. The van der Waals surface area contributed by atoms with Crippen LogP contribution >= 0.6 is 11.6 Å². The minimum absolute atomic E-state index is 0.0134. The Bertz CT molecular complexity index is 881. The smallest absolute Gasteiger partial charge is 0.335 e. The summed E-state index contributed by atoms with van der Waals surface area (Å²) in [4.78, 5) is 11.2. The van der Waals surface area contributed by atoms with Crippen molar-refractivity contribution in [2.75, 3.05) is 17.5 Å². The van der Waals surface area contributed by atoms with Gasteiger partial charge in [0.05, 0.1) is 22.7 Å². The lowest BCUT2D eigenvalue weighted by molar-refractivity contribution is 0.0697. The van der Waals surface area contributed by atoms with Crippen LogP contribution in [0.1, 0.15) is 10.4 Å². The molecule has 0 atom stereocenters. The van der Waals surface area contributed by atoms with Crippen LogP contribution in [0.25, 0.3) is 0 Å². The highest BCUT2D eigenvalue weighted by molar-refractivity contribution is 7.92. The molecule has 2 aromatic carbocycles. The zero-order valence-corrected chi connectivity index (χ0v) is 13.3. The number of hydrogen-bond acceptors (Lipinski definition) is 4. The number of rotatable bonds is 3. The summed E-state index contributed by atoms with van der Waals surface area (Å²) in [6.07, 6.45) is 0. The molecule has 0 spiro atoms. The Morgan fingerprint density at radius 1 is 1.22 bits per heavy atom. The third kappa shape index (κ3) is 2.85. The minimum atomic E-state index is -3.86. The number of aromatic carboxylic acids is 1. The standard InChI is InChI=1S/C15H12ClNO5S/c16-11-2-1-3-12(9-11)23(20,21)17-6-7-22-14-5-4-10(15(18)19)8-13(14)17/h1-5,8-9H,6-7H2,(H,18,19). The van der Waals surface area contributed by atoms with E-state index in [1.807, 2.05) is 0 Å². The van der Waals surface area contributed by atoms with Gasteiger partial charge in [-0.05, 0) is 36.4 Å². The molecule has 120 valence electrons. The fourth-order valence-electron chi connectivity index (χ4n) is 2.33. The molecule has 3 rings (SSSR count). The van der Waals surface area contributed by atoms with Gasteiger partial charge in [-0.2, -0.15) is 0 Å². The van der Waals surface area contributed by atoms with E-state index in [4.69, 9.17) is 21.4 Å². The van der Waals surface area contributed by atoms with Gasteiger partial charge in [-0.1, -0.05) is 17.7 Å². The Morgan fingerprint density at radius 3 is 2.70 bits per heavy atom. The van der Waals surface area contributed by atoms with Gasteiger partial charge in [0.25, 0.3) is 10.0 Å². The molecule has 0 radical (unpaired) electrons. The molecule has 1 N–H and O–H groups in total. The van der Waals surface area contributed by atoms with Gasteiger partial charge in [0.15, 0.2) is 0 Å². The topological polar surface area (TPSA) is 83.9 Å². The number of benzene rings is 2. The Hall–Kier alpha value is -2.25. The van der Waals surface area contributed by atoms with E-state index in [1.54, 1.807) is 12.1 Å². The SMILES string of the molecule is O=C(O)c1ccc2c(c1)N(S(=O)(=O)c1cccc(Cl)c1)CCO2. The van der Waals surface area contributed by atoms with Gasteiger partial charge in [0.1, 0.15) is 12.4 Å². The Kier molecular flexibility index (Phi) is 3.91. The highest BCUT2D eigenvalue weighted by Crippen LogP contribution is 2.36. The van der Waals surface area contributed by atoms with Crippen LogP contribution < -0.4 is 9.04 Å². The number of carbonyl (C=O) groups is 1. The fourth-order valence-corrected chi connectivity index (χ4v) is 4.08. The normalized spacial score (nSPS) is 14.0. The molecule has 1 heterocycles. The number of carboxylic acids is 1. The first kappa shape index (κ1) is 15.6. The zero-order chi connectivity index (χ0) is 16.6. The van der Waals surface area contributed by atoms with Crippen molar-refractivity contribution >= 4 is 33.3 Å². The van der Waals surface area contributed by atoms with Gasteiger partial charge in [-0.3, -0.25) is 4.31 Å². The average Bonchev–Trinajstić information content (AvgIpc) is 2.53. The number of sulfonamides is 1. The third-order valence-corrected chi connectivity index (χ3v) is 5.45. The summed E-state index contributed by atoms with van der Waals surface area (Å²) >= 11 is 5.87. The number of anilines is 1. The van der Waals surface area contributed by atoms with Crippen LogP contribution in [0.5, 0.6) is 5.75 Å². The van der Waals surface area contributed by atoms with E-state index in [1.165, 1.54) is 30.3 Å². The Labute approximate surface area is 137 Å². The number of halogens is 1. The minimum Gasteiger partial charge on any atom is -0.489 e. The van der Waals surface area contributed by atoms with Crippen molar-refractivity contribution in [3.05, 3.63) is 53.1 Å². The van der Waals surface area contributed by atoms with Crippen LogP contribution in [-0.4, -0.2) is 32.6 Å². The summed E-state index contributed by atoms with van der Waals surface area (Å²) in [6.45, 7) is 0.268. The predicted molar refractivity (Wildman–Crippen MR) is 84.9 cm³/mol. The molecule has 0 bridgehead atoms. The lowest BCUT2D eigenvalue weighted by atomic mass is 10.1. The molecule has 0 fully saturated rings. The summed E-state index contributed by atoms with van der Waals surface area (Å²) in [5, 5.41) is 9.41.